The number of carbonyl (C=O) groups excluding carboxylic acids is 3. The average Bonchev–Trinajstić information content (AvgIpc) is 3.28. The van der Waals surface area contributed by atoms with Crippen LogP contribution in [0.5, 0.6) is 0 Å². The molecule has 1 aromatic heterocycles. The number of hydrogen-bond donors (Lipinski definition) is 1. The number of amides is 2. The predicted molar refractivity (Wildman–Crippen MR) is 127 cm³/mol. The molecule has 1 N–H and O–H groups in total. The zero-order valence-corrected chi connectivity index (χ0v) is 19.9. The second-order valence-corrected chi connectivity index (χ2v) is 8.54. The first kappa shape index (κ1) is 24.1. The molecule has 4 rings (SSSR count). The fourth-order valence-electron chi connectivity index (χ4n) is 4.18. The van der Waals surface area contributed by atoms with Crippen molar-refractivity contribution in [2.45, 2.75) is 45.8 Å². The number of aromatic nitrogens is 2. The van der Waals surface area contributed by atoms with Crippen LogP contribution in [0.1, 0.15) is 52.9 Å². The minimum atomic E-state index is -1.35. The van der Waals surface area contributed by atoms with E-state index in [9.17, 15) is 18.8 Å². The Morgan fingerprint density at radius 1 is 1.11 bits per heavy atom. The van der Waals surface area contributed by atoms with E-state index in [1.165, 1.54) is 27.8 Å². The van der Waals surface area contributed by atoms with Gasteiger partial charge in [0.2, 0.25) is 5.91 Å². The number of halogens is 1. The molecule has 2 amide bonds. The van der Waals surface area contributed by atoms with Gasteiger partial charge in [0.15, 0.2) is 5.69 Å². The van der Waals surface area contributed by atoms with E-state index in [1.54, 1.807) is 32.0 Å². The number of nitrogens with zero attached hydrogens (tertiary/aromatic N) is 3. The summed E-state index contributed by atoms with van der Waals surface area (Å²) in [5.74, 6) is -1.86. The van der Waals surface area contributed by atoms with Crippen molar-refractivity contribution in [2.24, 2.45) is 0 Å². The van der Waals surface area contributed by atoms with Crippen molar-refractivity contribution < 1.29 is 23.5 Å². The molecule has 0 saturated carbocycles. The van der Waals surface area contributed by atoms with Gasteiger partial charge in [-0.05, 0) is 55.7 Å². The number of nitrogens with one attached hydrogen (secondary N) is 1. The number of rotatable bonds is 7. The van der Waals surface area contributed by atoms with E-state index in [2.05, 4.69) is 10.4 Å². The zero-order valence-electron chi connectivity index (χ0n) is 19.9. The van der Waals surface area contributed by atoms with E-state index < -0.39 is 23.3 Å². The Balaban J connectivity index is 1.72. The lowest BCUT2D eigenvalue weighted by molar-refractivity contribution is -0.126. The van der Waals surface area contributed by atoms with Crippen LogP contribution in [-0.4, -0.2) is 39.7 Å². The Hall–Kier alpha value is -4.01. The highest BCUT2D eigenvalue weighted by Crippen LogP contribution is 2.33. The maximum absolute atomic E-state index is 13.7. The average molecular weight is 479 g/mol. The maximum Gasteiger partial charge on any atom is 0.358 e. The van der Waals surface area contributed by atoms with Crippen LogP contribution < -0.4 is 10.2 Å². The molecular formula is C26H27FN4O4. The SMILES string of the molecule is CCOC(=O)c1cc2n(n1)CC(C)(C(=O)NCc1ccc(F)cc1)N(c1cccc(CC)c1)C2=O. The van der Waals surface area contributed by atoms with Gasteiger partial charge in [0.05, 0.1) is 13.2 Å². The maximum atomic E-state index is 13.7. The third kappa shape index (κ3) is 4.66. The van der Waals surface area contributed by atoms with Crippen LogP contribution in [0.3, 0.4) is 0 Å². The molecular weight excluding hydrogens is 451 g/mol. The molecule has 1 unspecified atom stereocenters. The molecule has 0 spiro atoms. The molecule has 0 fully saturated rings. The first-order valence-corrected chi connectivity index (χ1v) is 11.5. The number of hydrogen-bond acceptors (Lipinski definition) is 5. The van der Waals surface area contributed by atoms with Gasteiger partial charge in [0.1, 0.15) is 17.1 Å². The highest BCUT2D eigenvalue weighted by molar-refractivity contribution is 6.12. The summed E-state index contributed by atoms with van der Waals surface area (Å²) in [5.41, 5.74) is 1.14. The molecule has 0 saturated heterocycles. The smallest absolute Gasteiger partial charge is 0.358 e. The van der Waals surface area contributed by atoms with Crippen molar-refractivity contribution in [3.05, 3.63) is 82.9 Å². The molecule has 1 atom stereocenters. The molecule has 1 aliphatic rings. The number of anilines is 1. The molecule has 1 aliphatic heterocycles. The topological polar surface area (TPSA) is 93.5 Å². The van der Waals surface area contributed by atoms with Crippen LogP contribution in [0, 0.1) is 5.82 Å². The Morgan fingerprint density at radius 3 is 2.54 bits per heavy atom. The largest absolute Gasteiger partial charge is 0.461 e. The van der Waals surface area contributed by atoms with Crippen LogP contribution in [0.2, 0.25) is 0 Å². The first-order valence-electron chi connectivity index (χ1n) is 11.5. The third-order valence-corrected chi connectivity index (χ3v) is 6.07. The molecule has 2 aromatic carbocycles. The molecule has 8 nitrogen and oxygen atoms in total. The van der Waals surface area contributed by atoms with Gasteiger partial charge < -0.3 is 10.1 Å². The van der Waals surface area contributed by atoms with Crippen molar-refractivity contribution in [1.29, 1.82) is 0 Å². The molecule has 0 aliphatic carbocycles. The highest BCUT2D eigenvalue weighted by atomic mass is 19.1. The van der Waals surface area contributed by atoms with Gasteiger partial charge in [0, 0.05) is 18.3 Å². The molecule has 182 valence electrons. The van der Waals surface area contributed by atoms with Crippen LogP contribution in [0.15, 0.2) is 54.6 Å². The summed E-state index contributed by atoms with van der Waals surface area (Å²) in [6.07, 6.45) is 0.758. The molecule has 35 heavy (non-hydrogen) atoms. The minimum Gasteiger partial charge on any atom is -0.461 e. The second kappa shape index (κ2) is 9.69. The summed E-state index contributed by atoms with van der Waals surface area (Å²) in [4.78, 5) is 41.0. The summed E-state index contributed by atoms with van der Waals surface area (Å²) >= 11 is 0. The lowest BCUT2D eigenvalue weighted by Crippen LogP contribution is -2.64. The summed E-state index contributed by atoms with van der Waals surface area (Å²) in [5, 5.41) is 7.13. The Bertz CT molecular complexity index is 1270. The van der Waals surface area contributed by atoms with Gasteiger partial charge in [0.25, 0.3) is 5.91 Å². The van der Waals surface area contributed by atoms with E-state index >= 15 is 0 Å². The number of ether oxygens (including phenoxy) is 1. The number of fused-ring (bicyclic) bond motifs is 1. The van der Waals surface area contributed by atoms with E-state index in [0.29, 0.717) is 5.69 Å². The Morgan fingerprint density at radius 2 is 1.86 bits per heavy atom. The monoisotopic (exact) mass is 478 g/mol. The fourth-order valence-corrected chi connectivity index (χ4v) is 4.18. The van der Waals surface area contributed by atoms with Crippen molar-refractivity contribution in [3.63, 3.8) is 0 Å². The molecule has 3 aromatic rings. The summed E-state index contributed by atoms with van der Waals surface area (Å²) in [6, 6.07) is 14.7. The van der Waals surface area contributed by atoms with Gasteiger partial charge in [-0.25, -0.2) is 9.18 Å². The molecule has 2 heterocycles. The highest BCUT2D eigenvalue weighted by Gasteiger charge is 2.49. The normalized spacial score (nSPS) is 17.1. The van der Waals surface area contributed by atoms with Gasteiger partial charge in [-0.3, -0.25) is 19.2 Å². The number of aryl methyl sites for hydroxylation is 1. The lowest BCUT2D eigenvalue weighted by Gasteiger charge is -2.43. The standard InChI is InChI=1S/C26H27FN4O4/c1-4-17-7-6-8-20(13-17)31-23(32)22-14-21(24(33)35-5-2)29-30(22)16-26(31,3)25(34)28-15-18-9-11-19(27)12-10-18/h6-14H,4-5,15-16H2,1-3H3,(H,28,34). The second-order valence-electron chi connectivity index (χ2n) is 8.54. The Kier molecular flexibility index (Phi) is 6.68. The van der Waals surface area contributed by atoms with Gasteiger partial charge in [-0.1, -0.05) is 31.2 Å². The molecule has 0 radical (unpaired) electrons. The third-order valence-electron chi connectivity index (χ3n) is 6.07. The van der Waals surface area contributed by atoms with Crippen molar-refractivity contribution in [1.82, 2.24) is 15.1 Å². The van der Waals surface area contributed by atoms with Crippen molar-refractivity contribution >= 4 is 23.5 Å². The van der Waals surface area contributed by atoms with Crippen molar-refractivity contribution in [3.8, 4) is 0 Å². The van der Waals surface area contributed by atoms with Gasteiger partial charge >= 0.3 is 5.97 Å². The van der Waals surface area contributed by atoms with E-state index in [1.807, 2.05) is 25.1 Å². The molecule has 0 bridgehead atoms. The first-order chi connectivity index (χ1) is 16.8. The van der Waals surface area contributed by atoms with Gasteiger partial charge in [-0.2, -0.15) is 5.10 Å². The minimum absolute atomic E-state index is 0.00780. The predicted octanol–water partition coefficient (Wildman–Crippen LogP) is 3.50. The van der Waals surface area contributed by atoms with Crippen LogP contribution in [-0.2, 0) is 29.0 Å². The van der Waals surface area contributed by atoms with Crippen molar-refractivity contribution in [2.75, 3.05) is 11.5 Å². The van der Waals surface area contributed by atoms with Crippen LogP contribution in [0.4, 0.5) is 10.1 Å². The van der Waals surface area contributed by atoms with Crippen LogP contribution >= 0.6 is 0 Å². The quantitative estimate of drug-likeness (QED) is 0.525. The van der Waals surface area contributed by atoms with Gasteiger partial charge in [-0.15, -0.1) is 0 Å². The van der Waals surface area contributed by atoms with E-state index in [-0.39, 0.29) is 36.9 Å². The molecule has 9 heteroatoms. The number of esters is 1. The summed E-state index contributed by atoms with van der Waals surface area (Å²) in [6.45, 7) is 5.72. The fraction of sp³-hybridized carbons (Fsp3) is 0.308. The lowest BCUT2D eigenvalue weighted by atomic mass is 9.93. The van der Waals surface area contributed by atoms with E-state index in [0.717, 1.165) is 17.5 Å². The van der Waals surface area contributed by atoms with Crippen LogP contribution in [0.25, 0.3) is 0 Å². The zero-order chi connectivity index (χ0) is 25.2. The van der Waals surface area contributed by atoms with E-state index in [4.69, 9.17) is 4.74 Å². The number of benzene rings is 2. The summed E-state index contributed by atoms with van der Waals surface area (Å²) < 4.78 is 19.7. The number of carbonyl (C=O) groups is 3. The summed E-state index contributed by atoms with van der Waals surface area (Å²) in [7, 11) is 0. The Labute approximate surface area is 202 Å².